The van der Waals surface area contributed by atoms with Crippen LogP contribution in [0.2, 0.25) is 0 Å². The van der Waals surface area contributed by atoms with Crippen molar-refractivity contribution in [2.75, 3.05) is 18.4 Å². The van der Waals surface area contributed by atoms with Crippen LogP contribution in [0.3, 0.4) is 0 Å². The number of hydrogen-bond acceptors (Lipinski definition) is 4. The zero-order chi connectivity index (χ0) is 15.7. The second-order valence-corrected chi connectivity index (χ2v) is 4.85. The van der Waals surface area contributed by atoms with E-state index in [0.717, 1.165) is 25.7 Å². The van der Waals surface area contributed by atoms with Crippen molar-refractivity contribution in [3.8, 4) is 0 Å². The molecule has 0 aromatic heterocycles. The number of carbonyl (C=O) groups is 1. The Bertz CT molecular complexity index is 489. The van der Waals surface area contributed by atoms with E-state index in [4.69, 9.17) is 0 Å². The van der Waals surface area contributed by atoms with Gasteiger partial charge in [-0.3, -0.25) is 14.9 Å². The average Bonchev–Trinajstić information content (AvgIpc) is 2.48. The zero-order valence-corrected chi connectivity index (χ0v) is 12.6. The summed E-state index contributed by atoms with van der Waals surface area (Å²) >= 11 is 0. The summed E-state index contributed by atoms with van der Waals surface area (Å²) < 4.78 is 0. The summed E-state index contributed by atoms with van der Waals surface area (Å²) in [6, 6.07) is 4.78. The largest absolute Gasteiger partial charge is 0.379 e. The fourth-order valence-electron chi connectivity index (χ4n) is 2.00. The Balaban J connectivity index is 2.89. The van der Waals surface area contributed by atoms with E-state index in [-0.39, 0.29) is 11.3 Å². The number of hydrogen-bond donors (Lipinski definition) is 2. The number of nitrogens with one attached hydrogen (secondary N) is 2. The first-order chi connectivity index (χ1) is 10.1. The fraction of sp³-hybridized carbons (Fsp3) is 0.533. The van der Waals surface area contributed by atoms with Crippen molar-refractivity contribution < 1.29 is 9.72 Å². The number of rotatable bonds is 9. The smallest absolute Gasteiger partial charge is 0.305 e. The zero-order valence-electron chi connectivity index (χ0n) is 12.6. The van der Waals surface area contributed by atoms with Crippen molar-refractivity contribution in [3.05, 3.63) is 33.9 Å². The summed E-state index contributed by atoms with van der Waals surface area (Å²) in [6.45, 7) is 5.22. The minimum absolute atomic E-state index is 0.109. The summed E-state index contributed by atoms with van der Waals surface area (Å²) in [5, 5.41) is 17.0. The van der Waals surface area contributed by atoms with E-state index in [9.17, 15) is 14.9 Å². The molecule has 0 bridgehead atoms. The maximum absolute atomic E-state index is 12.1. The normalized spacial score (nSPS) is 10.2. The summed E-state index contributed by atoms with van der Waals surface area (Å²) in [6.07, 6.45) is 3.82. The molecule has 0 unspecified atom stereocenters. The van der Waals surface area contributed by atoms with Gasteiger partial charge in [-0.05, 0) is 25.0 Å². The lowest BCUT2D eigenvalue weighted by atomic mass is 10.1. The van der Waals surface area contributed by atoms with Gasteiger partial charge in [-0.2, -0.15) is 0 Å². The molecule has 0 fully saturated rings. The summed E-state index contributed by atoms with van der Waals surface area (Å²) in [4.78, 5) is 22.9. The minimum Gasteiger partial charge on any atom is -0.379 e. The summed E-state index contributed by atoms with van der Waals surface area (Å²) in [5.74, 6) is -0.391. The topological polar surface area (TPSA) is 84.3 Å². The Hall–Kier alpha value is -2.11. The second kappa shape index (κ2) is 8.94. The molecule has 6 nitrogen and oxygen atoms in total. The van der Waals surface area contributed by atoms with Gasteiger partial charge in [0.25, 0.3) is 5.91 Å². The van der Waals surface area contributed by atoms with Crippen LogP contribution in [0.4, 0.5) is 11.4 Å². The van der Waals surface area contributed by atoms with Crippen molar-refractivity contribution in [1.29, 1.82) is 0 Å². The number of nitro benzene ring substituents is 1. The van der Waals surface area contributed by atoms with Gasteiger partial charge in [0.1, 0.15) is 11.3 Å². The Labute approximate surface area is 125 Å². The Morgan fingerprint density at radius 2 is 1.95 bits per heavy atom. The van der Waals surface area contributed by atoms with Gasteiger partial charge in [-0.1, -0.05) is 32.8 Å². The van der Waals surface area contributed by atoms with E-state index >= 15 is 0 Å². The fourth-order valence-corrected chi connectivity index (χ4v) is 2.00. The Morgan fingerprint density at radius 1 is 1.19 bits per heavy atom. The molecule has 0 saturated carbocycles. The lowest BCUT2D eigenvalue weighted by Crippen LogP contribution is -2.25. The molecule has 0 heterocycles. The molecule has 0 aliphatic heterocycles. The Kier molecular flexibility index (Phi) is 7.21. The SMILES string of the molecule is CCCCCNC(=O)c1cccc(NCCC)c1[N+](=O)[O-]. The number of unbranched alkanes of at least 4 members (excludes halogenated alkanes) is 2. The van der Waals surface area contributed by atoms with Crippen LogP contribution in [0.5, 0.6) is 0 Å². The van der Waals surface area contributed by atoms with E-state index < -0.39 is 10.8 Å². The van der Waals surface area contributed by atoms with Gasteiger partial charge in [-0.15, -0.1) is 0 Å². The van der Waals surface area contributed by atoms with Crippen LogP contribution < -0.4 is 10.6 Å². The number of nitro groups is 1. The molecule has 2 N–H and O–H groups in total. The highest BCUT2D eigenvalue weighted by molar-refractivity contribution is 6.00. The van der Waals surface area contributed by atoms with Gasteiger partial charge in [0, 0.05) is 13.1 Å². The van der Waals surface area contributed by atoms with Crippen molar-refractivity contribution in [2.24, 2.45) is 0 Å². The molecule has 1 aromatic carbocycles. The highest BCUT2D eigenvalue weighted by atomic mass is 16.6. The van der Waals surface area contributed by atoms with E-state index in [0.29, 0.717) is 18.8 Å². The maximum atomic E-state index is 12.1. The van der Waals surface area contributed by atoms with Gasteiger partial charge in [0.15, 0.2) is 0 Å². The van der Waals surface area contributed by atoms with Gasteiger partial charge < -0.3 is 10.6 Å². The molecule has 1 rings (SSSR count). The molecular weight excluding hydrogens is 270 g/mol. The first kappa shape index (κ1) is 16.9. The van der Waals surface area contributed by atoms with Gasteiger partial charge in [0.2, 0.25) is 0 Å². The quantitative estimate of drug-likeness (QED) is 0.415. The van der Waals surface area contributed by atoms with Crippen LogP contribution in [-0.4, -0.2) is 23.9 Å². The molecule has 0 spiro atoms. The van der Waals surface area contributed by atoms with Gasteiger partial charge >= 0.3 is 5.69 Å². The van der Waals surface area contributed by atoms with E-state index in [1.54, 1.807) is 12.1 Å². The molecule has 0 saturated heterocycles. The van der Waals surface area contributed by atoms with Crippen molar-refractivity contribution in [2.45, 2.75) is 39.5 Å². The third kappa shape index (κ3) is 5.06. The van der Waals surface area contributed by atoms with Crippen molar-refractivity contribution >= 4 is 17.3 Å². The summed E-state index contributed by atoms with van der Waals surface area (Å²) in [7, 11) is 0. The number of nitrogens with zero attached hydrogens (tertiary/aromatic N) is 1. The molecule has 6 heteroatoms. The molecule has 0 aliphatic carbocycles. The van der Waals surface area contributed by atoms with E-state index in [1.165, 1.54) is 6.07 Å². The van der Waals surface area contributed by atoms with Crippen molar-refractivity contribution in [3.63, 3.8) is 0 Å². The predicted molar refractivity (Wildman–Crippen MR) is 83.7 cm³/mol. The number of amides is 1. The molecule has 0 atom stereocenters. The van der Waals surface area contributed by atoms with Gasteiger partial charge in [-0.25, -0.2) is 0 Å². The maximum Gasteiger partial charge on any atom is 0.305 e. The molecule has 0 radical (unpaired) electrons. The van der Waals surface area contributed by atoms with E-state index in [1.807, 2.05) is 6.92 Å². The van der Waals surface area contributed by atoms with E-state index in [2.05, 4.69) is 17.6 Å². The van der Waals surface area contributed by atoms with Crippen molar-refractivity contribution in [1.82, 2.24) is 5.32 Å². The number of carbonyl (C=O) groups excluding carboxylic acids is 1. The van der Waals surface area contributed by atoms with Gasteiger partial charge in [0.05, 0.1) is 4.92 Å². The van der Waals surface area contributed by atoms with Crippen LogP contribution >= 0.6 is 0 Å². The highest BCUT2D eigenvalue weighted by Crippen LogP contribution is 2.28. The lowest BCUT2D eigenvalue weighted by Gasteiger charge is -2.10. The molecule has 21 heavy (non-hydrogen) atoms. The number of para-hydroxylation sites is 1. The molecular formula is C15H23N3O3. The first-order valence-electron chi connectivity index (χ1n) is 7.41. The monoisotopic (exact) mass is 293 g/mol. The van der Waals surface area contributed by atoms with Crippen LogP contribution in [-0.2, 0) is 0 Å². The summed E-state index contributed by atoms with van der Waals surface area (Å²) in [5.41, 5.74) is 0.347. The first-order valence-corrected chi connectivity index (χ1v) is 7.41. The third-order valence-corrected chi connectivity index (χ3v) is 3.09. The predicted octanol–water partition coefficient (Wildman–Crippen LogP) is 3.34. The average molecular weight is 293 g/mol. The molecule has 116 valence electrons. The molecule has 1 amide bonds. The molecule has 1 aromatic rings. The van der Waals surface area contributed by atoms with Crippen LogP contribution in [0.25, 0.3) is 0 Å². The number of benzene rings is 1. The number of anilines is 1. The van der Waals surface area contributed by atoms with Crippen LogP contribution in [0, 0.1) is 10.1 Å². The second-order valence-electron chi connectivity index (χ2n) is 4.85. The minimum atomic E-state index is -0.501. The van der Waals surface area contributed by atoms with Crippen LogP contribution in [0.15, 0.2) is 18.2 Å². The Morgan fingerprint density at radius 3 is 2.57 bits per heavy atom. The highest BCUT2D eigenvalue weighted by Gasteiger charge is 2.23. The third-order valence-electron chi connectivity index (χ3n) is 3.09. The molecule has 0 aliphatic rings. The lowest BCUT2D eigenvalue weighted by molar-refractivity contribution is -0.384. The van der Waals surface area contributed by atoms with Crippen LogP contribution in [0.1, 0.15) is 49.9 Å². The standard InChI is InChI=1S/C15H23N3O3/c1-3-5-6-11-17-15(19)12-8-7-9-13(16-10-4-2)14(12)18(20)21/h7-9,16H,3-6,10-11H2,1-2H3,(H,17,19).